The minimum Gasteiger partial charge on any atom is -0.374 e. The number of ether oxygens (including phenoxy) is 1. The Hall–Kier alpha value is -3.08. The Labute approximate surface area is 173 Å². The van der Waals surface area contributed by atoms with Gasteiger partial charge in [0.2, 0.25) is 5.91 Å². The number of amides is 5. The van der Waals surface area contributed by atoms with E-state index in [1.54, 1.807) is 13.8 Å². The highest BCUT2D eigenvalue weighted by Gasteiger charge is 2.32. The van der Waals surface area contributed by atoms with Crippen molar-refractivity contribution >= 4 is 35.5 Å². The lowest BCUT2D eigenvalue weighted by Crippen LogP contribution is -2.42. The predicted octanol–water partition coefficient (Wildman–Crippen LogP) is -0.400. The maximum Gasteiger partial charge on any atom is 0.333 e. The van der Waals surface area contributed by atoms with Crippen LogP contribution in [0, 0.1) is 0 Å². The fraction of sp³-hybridized carbons (Fsp3) is 0.579. The van der Waals surface area contributed by atoms with Crippen LogP contribution < -0.4 is 5.32 Å². The minimum absolute atomic E-state index is 0.00191. The van der Waals surface area contributed by atoms with Crippen LogP contribution in [-0.2, 0) is 38.3 Å². The molecule has 2 aliphatic heterocycles. The molecule has 1 N–H and O–H groups in total. The molecule has 1 saturated heterocycles. The summed E-state index contributed by atoms with van der Waals surface area (Å²) in [5.41, 5.74) is -0.721. The van der Waals surface area contributed by atoms with E-state index >= 15 is 0 Å². The van der Waals surface area contributed by atoms with Gasteiger partial charge < -0.3 is 14.9 Å². The van der Waals surface area contributed by atoms with Gasteiger partial charge in [0.1, 0.15) is 0 Å². The van der Waals surface area contributed by atoms with Crippen molar-refractivity contribution in [3.8, 4) is 0 Å². The van der Waals surface area contributed by atoms with Gasteiger partial charge in [0.05, 0.1) is 12.0 Å². The number of hydrogen-bond acceptors (Lipinski definition) is 8. The van der Waals surface area contributed by atoms with Crippen LogP contribution in [0.1, 0.15) is 46.0 Å². The first-order valence-corrected chi connectivity index (χ1v) is 9.60. The summed E-state index contributed by atoms with van der Waals surface area (Å²) in [6.45, 7) is 3.90. The molecule has 0 unspecified atom stereocenters. The highest BCUT2D eigenvalue weighted by molar-refractivity contribution is 6.13. The Morgan fingerprint density at radius 3 is 2.23 bits per heavy atom. The van der Waals surface area contributed by atoms with E-state index in [1.165, 1.54) is 0 Å². The van der Waals surface area contributed by atoms with Crippen molar-refractivity contribution in [2.45, 2.75) is 51.6 Å². The molecule has 30 heavy (non-hydrogen) atoms. The van der Waals surface area contributed by atoms with Crippen molar-refractivity contribution < 1.29 is 38.3 Å². The standard InChI is InChI=1S/C19H25N3O8/c1-19(2,12-20-13(23)9-10-21-14(24)5-6-15(21)25)29-11-3-4-18(28)30-22-16(26)7-8-17(22)27/h5-6H,3-4,7-12H2,1-2H3,(H,20,23). The third-order valence-electron chi connectivity index (χ3n) is 4.39. The van der Waals surface area contributed by atoms with Gasteiger partial charge in [0.15, 0.2) is 0 Å². The third kappa shape index (κ3) is 6.76. The lowest BCUT2D eigenvalue weighted by Gasteiger charge is -2.26. The van der Waals surface area contributed by atoms with Crippen LogP contribution in [0.4, 0.5) is 0 Å². The average molecular weight is 423 g/mol. The van der Waals surface area contributed by atoms with Crippen LogP contribution in [0.2, 0.25) is 0 Å². The number of nitrogens with one attached hydrogen (secondary N) is 1. The molecular formula is C19H25N3O8. The molecule has 1 fully saturated rings. The SMILES string of the molecule is CC(C)(CNC(=O)CCN1C(=O)C=CC1=O)OCCCC(=O)ON1C(=O)CCC1=O. The Morgan fingerprint density at radius 2 is 1.63 bits per heavy atom. The van der Waals surface area contributed by atoms with E-state index in [0.29, 0.717) is 11.5 Å². The van der Waals surface area contributed by atoms with Gasteiger partial charge in [-0.3, -0.25) is 28.9 Å². The van der Waals surface area contributed by atoms with Crippen LogP contribution >= 0.6 is 0 Å². The van der Waals surface area contributed by atoms with E-state index in [4.69, 9.17) is 9.57 Å². The molecular weight excluding hydrogens is 398 g/mol. The fourth-order valence-corrected chi connectivity index (χ4v) is 2.69. The Bertz CT molecular complexity index is 740. The molecule has 5 amide bonds. The van der Waals surface area contributed by atoms with Gasteiger partial charge in [-0.15, -0.1) is 5.06 Å². The Balaban J connectivity index is 1.59. The lowest BCUT2D eigenvalue weighted by molar-refractivity contribution is -0.197. The summed E-state index contributed by atoms with van der Waals surface area (Å²) < 4.78 is 5.66. The molecule has 0 aromatic rings. The van der Waals surface area contributed by atoms with E-state index < -0.39 is 35.2 Å². The average Bonchev–Trinajstić information content (AvgIpc) is 3.17. The summed E-state index contributed by atoms with van der Waals surface area (Å²) in [5, 5.41) is 3.18. The number of rotatable bonds is 11. The molecule has 0 aromatic carbocycles. The summed E-state index contributed by atoms with van der Waals surface area (Å²) in [5.74, 6) is -2.97. The van der Waals surface area contributed by atoms with Crippen LogP contribution in [0.25, 0.3) is 0 Å². The molecule has 0 radical (unpaired) electrons. The van der Waals surface area contributed by atoms with Gasteiger partial charge in [-0.2, -0.15) is 0 Å². The second-order valence-corrected chi connectivity index (χ2v) is 7.45. The molecule has 0 aromatic heterocycles. The van der Waals surface area contributed by atoms with Gasteiger partial charge in [-0.25, -0.2) is 4.79 Å². The smallest absolute Gasteiger partial charge is 0.333 e. The monoisotopic (exact) mass is 423 g/mol. The van der Waals surface area contributed by atoms with Crippen LogP contribution in [0.3, 0.4) is 0 Å². The zero-order valence-electron chi connectivity index (χ0n) is 17.0. The molecule has 164 valence electrons. The first-order valence-electron chi connectivity index (χ1n) is 9.60. The van der Waals surface area contributed by atoms with E-state index in [-0.39, 0.29) is 51.3 Å². The molecule has 0 saturated carbocycles. The number of imide groups is 2. The second-order valence-electron chi connectivity index (χ2n) is 7.45. The molecule has 0 aliphatic carbocycles. The van der Waals surface area contributed by atoms with Crippen molar-refractivity contribution in [2.75, 3.05) is 19.7 Å². The molecule has 11 nitrogen and oxygen atoms in total. The molecule has 2 heterocycles. The van der Waals surface area contributed by atoms with Crippen molar-refractivity contribution in [3.63, 3.8) is 0 Å². The zero-order valence-corrected chi connectivity index (χ0v) is 17.0. The fourth-order valence-electron chi connectivity index (χ4n) is 2.69. The zero-order chi connectivity index (χ0) is 22.3. The van der Waals surface area contributed by atoms with Crippen molar-refractivity contribution in [2.24, 2.45) is 0 Å². The van der Waals surface area contributed by atoms with Crippen molar-refractivity contribution in [1.82, 2.24) is 15.3 Å². The highest BCUT2D eigenvalue weighted by Crippen LogP contribution is 2.14. The molecule has 2 aliphatic rings. The number of hydrogen-bond donors (Lipinski definition) is 1. The molecule has 2 rings (SSSR count). The van der Waals surface area contributed by atoms with Gasteiger partial charge >= 0.3 is 5.97 Å². The van der Waals surface area contributed by atoms with Gasteiger partial charge in [0.25, 0.3) is 23.6 Å². The first kappa shape index (κ1) is 23.2. The molecule has 0 bridgehead atoms. The normalized spacial score (nSPS) is 16.6. The summed E-state index contributed by atoms with van der Waals surface area (Å²) >= 11 is 0. The number of hydroxylamine groups is 2. The summed E-state index contributed by atoms with van der Waals surface area (Å²) in [4.78, 5) is 75.1. The summed E-state index contributed by atoms with van der Waals surface area (Å²) in [7, 11) is 0. The Kier molecular flexibility index (Phi) is 7.81. The summed E-state index contributed by atoms with van der Waals surface area (Å²) in [6.07, 6.45) is 2.65. The van der Waals surface area contributed by atoms with Crippen LogP contribution in [0.5, 0.6) is 0 Å². The van der Waals surface area contributed by atoms with Crippen molar-refractivity contribution in [1.29, 1.82) is 0 Å². The van der Waals surface area contributed by atoms with Crippen LogP contribution in [0.15, 0.2) is 12.2 Å². The van der Waals surface area contributed by atoms with Gasteiger partial charge in [0, 0.05) is 51.1 Å². The van der Waals surface area contributed by atoms with E-state index in [1.807, 2.05) is 0 Å². The van der Waals surface area contributed by atoms with Crippen LogP contribution in [-0.4, -0.2) is 70.8 Å². The number of nitrogens with zero attached hydrogens (tertiary/aromatic N) is 2. The number of carbonyl (C=O) groups excluding carboxylic acids is 6. The van der Waals surface area contributed by atoms with E-state index in [2.05, 4.69) is 5.32 Å². The maximum atomic E-state index is 11.9. The molecule has 11 heteroatoms. The second kappa shape index (κ2) is 10.1. The Morgan fingerprint density at radius 1 is 1.03 bits per heavy atom. The predicted molar refractivity (Wildman–Crippen MR) is 99.9 cm³/mol. The third-order valence-corrected chi connectivity index (χ3v) is 4.39. The van der Waals surface area contributed by atoms with Gasteiger partial charge in [-0.1, -0.05) is 0 Å². The maximum absolute atomic E-state index is 11.9. The lowest BCUT2D eigenvalue weighted by atomic mass is 10.1. The highest BCUT2D eigenvalue weighted by atomic mass is 16.7. The summed E-state index contributed by atoms with van der Waals surface area (Å²) in [6, 6.07) is 0. The molecule has 0 atom stereocenters. The quantitative estimate of drug-likeness (QED) is 0.350. The van der Waals surface area contributed by atoms with Gasteiger partial charge in [-0.05, 0) is 20.3 Å². The first-order chi connectivity index (χ1) is 14.1. The molecule has 0 spiro atoms. The topological polar surface area (TPSA) is 139 Å². The largest absolute Gasteiger partial charge is 0.374 e. The van der Waals surface area contributed by atoms with Crippen molar-refractivity contribution in [3.05, 3.63) is 12.2 Å². The number of carbonyl (C=O) groups is 6. The van der Waals surface area contributed by atoms with E-state index in [0.717, 1.165) is 17.1 Å². The minimum atomic E-state index is -0.721. The van der Waals surface area contributed by atoms with E-state index in [9.17, 15) is 28.8 Å².